The van der Waals surface area contributed by atoms with Gasteiger partial charge in [-0.1, -0.05) is 13.0 Å². The number of quaternary nitrogens is 1. The van der Waals surface area contributed by atoms with E-state index in [2.05, 4.69) is 0 Å². The zero-order valence-electron chi connectivity index (χ0n) is 13.6. The molecule has 0 aliphatic rings. The molecule has 1 unspecified atom stereocenters. The number of nitrogens with zero attached hydrogens (tertiary/aromatic N) is 1. The number of rotatable bonds is 9. The predicted octanol–water partition coefficient (Wildman–Crippen LogP) is 2.86. The number of benzene rings is 1. The first-order valence-corrected chi connectivity index (χ1v) is 8.54. The lowest BCUT2D eigenvalue weighted by atomic mass is 9.77. The van der Waals surface area contributed by atoms with Crippen molar-refractivity contribution >= 4 is 34.9 Å². The number of aryl methyl sites for hydroxylation is 1. The topological polar surface area (TPSA) is 83.5 Å². The average Bonchev–Trinajstić information content (AvgIpc) is 2.46. The van der Waals surface area contributed by atoms with Crippen molar-refractivity contribution in [3.05, 3.63) is 29.3 Å². The van der Waals surface area contributed by atoms with Crippen LogP contribution in [0.1, 0.15) is 24.5 Å². The van der Waals surface area contributed by atoms with E-state index in [-0.39, 0.29) is 17.6 Å². The summed E-state index contributed by atoms with van der Waals surface area (Å²) in [6, 6.07) is 5.48. The number of carboxylic acid groups (broad SMARTS) is 1. The Kier molecular flexibility index (Phi) is 7.29. The molecule has 1 atom stereocenters. The zero-order valence-corrected chi connectivity index (χ0v) is 15.1. The number of hydroxylamine groups is 2. The Hall–Kier alpha value is -0.850. The SMILES string of the molecule is Cc1cc([N+](O)(CCCl)CCCl)ccc1C(C)(CN)CC(=O)O. The van der Waals surface area contributed by atoms with Crippen LogP contribution in [0.15, 0.2) is 18.2 Å². The van der Waals surface area contributed by atoms with Crippen LogP contribution >= 0.6 is 23.2 Å². The van der Waals surface area contributed by atoms with E-state index in [1.165, 1.54) is 0 Å². The fraction of sp³-hybridized carbons (Fsp3) is 0.562. The van der Waals surface area contributed by atoms with Crippen LogP contribution < -0.4 is 10.4 Å². The van der Waals surface area contributed by atoms with Gasteiger partial charge in [-0.25, -0.2) is 5.21 Å². The third-order valence-electron chi connectivity index (χ3n) is 4.24. The van der Waals surface area contributed by atoms with Crippen molar-refractivity contribution < 1.29 is 15.1 Å². The van der Waals surface area contributed by atoms with Gasteiger partial charge in [0.15, 0.2) is 5.69 Å². The van der Waals surface area contributed by atoms with Gasteiger partial charge in [0.1, 0.15) is 13.1 Å². The molecule has 0 aromatic heterocycles. The largest absolute Gasteiger partial charge is 0.481 e. The van der Waals surface area contributed by atoms with Gasteiger partial charge in [0.2, 0.25) is 0 Å². The molecule has 0 aliphatic carbocycles. The molecule has 1 rings (SSSR count). The first kappa shape index (κ1) is 20.2. The molecule has 0 spiro atoms. The molecule has 4 N–H and O–H groups in total. The molecule has 23 heavy (non-hydrogen) atoms. The van der Waals surface area contributed by atoms with E-state index in [0.717, 1.165) is 11.1 Å². The minimum absolute atomic E-state index is 0.0494. The highest BCUT2D eigenvalue weighted by molar-refractivity contribution is 6.18. The highest BCUT2D eigenvalue weighted by Crippen LogP contribution is 2.33. The highest BCUT2D eigenvalue weighted by atomic mass is 35.5. The van der Waals surface area contributed by atoms with Crippen molar-refractivity contribution in [2.45, 2.75) is 25.7 Å². The van der Waals surface area contributed by atoms with Crippen LogP contribution in [-0.2, 0) is 10.2 Å². The lowest BCUT2D eigenvalue weighted by Crippen LogP contribution is -2.49. The van der Waals surface area contributed by atoms with Crippen LogP contribution in [-0.4, -0.2) is 47.7 Å². The summed E-state index contributed by atoms with van der Waals surface area (Å²) in [5.41, 5.74) is 7.61. The van der Waals surface area contributed by atoms with Crippen molar-refractivity contribution in [1.29, 1.82) is 0 Å². The molecule has 5 nitrogen and oxygen atoms in total. The van der Waals surface area contributed by atoms with Crippen molar-refractivity contribution in [2.75, 3.05) is 31.4 Å². The van der Waals surface area contributed by atoms with Gasteiger partial charge in [-0.05, 0) is 18.1 Å². The van der Waals surface area contributed by atoms with Crippen LogP contribution in [0.5, 0.6) is 0 Å². The standard InChI is InChI=1S/C16H24Cl2N2O3/c1-12-9-13(20(23,7-5-17)8-6-18)3-4-14(12)16(2,11-19)10-15(21)22/h3-4,9,23H,5-8,10-11,19H2,1-2H3/p+1. The fourth-order valence-corrected chi connectivity index (χ4v) is 3.40. The van der Waals surface area contributed by atoms with Gasteiger partial charge in [-0.15, -0.1) is 27.8 Å². The molecule has 0 aliphatic heterocycles. The van der Waals surface area contributed by atoms with E-state index in [9.17, 15) is 10.0 Å². The second kappa shape index (κ2) is 8.31. The summed E-state index contributed by atoms with van der Waals surface area (Å²) in [5.74, 6) is -0.292. The summed E-state index contributed by atoms with van der Waals surface area (Å²) in [4.78, 5) is 11.1. The highest BCUT2D eigenvalue weighted by Gasteiger charge is 2.33. The van der Waals surface area contributed by atoms with Crippen LogP contribution in [0.3, 0.4) is 0 Å². The molecule has 0 saturated heterocycles. The van der Waals surface area contributed by atoms with Crippen molar-refractivity contribution in [3.63, 3.8) is 0 Å². The fourth-order valence-electron chi connectivity index (χ4n) is 2.84. The number of hydrogen-bond donors (Lipinski definition) is 3. The molecule has 1 aromatic rings. The molecule has 7 heteroatoms. The van der Waals surface area contributed by atoms with E-state index in [1.807, 2.05) is 26.0 Å². The Morgan fingerprint density at radius 3 is 2.26 bits per heavy atom. The molecule has 0 saturated carbocycles. The monoisotopic (exact) mass is 363 g/mol. The van der Waals surface area contributed by atoms with Crippen molar-refractivity contribution in [2.24, 2.45) is 5.73 Å². The Morgan fingerprint density at radius 2 is 1.87 bits per heavy atom. The Balaban J connectivity index is 3.26. The third kappa shape index (κ3) is 4.81. The van der Waals surface area contributed by atoms with Gasteiger partial charge in [-0.2, -0.15) is 0 Å². The molecule has 0 radical (unpaired) electrons. The molecule has 1 aromatic carbocycles. The van der Waals surface area contributed by atoms with E-state index in [1.54, 1.807) is 6.07 Å². The third-order valence-corrected chi connectivity index (χ3v) is 4.58. The Bertz CT molecular complexity index is 548. The predicted molar refractivity (Wildman–Crippen MR) is 94.6 cm³/mol. The van der Waals surface area contributed by atoms with Crippen LogP contribution in [0.4, 0.5) is 5.69 Å². The Labute approximate surface area is 147 Å². The summed E-state index contributed by atoms with van der Waals surface area (Å²) < 4.78 is -0.341. The van der Waals surface area contributed by atoms with Gasteiger partial charge >= 0.3 is 5.97 Å². The van der Waals surface area contributed by atoms with E-state index in [0.29, 0.717) is 30.5 Å². The summed E-state index contributed by atoms with van der Waals surface area (Å²) in [6.45, 7) is 4.64. The smallest absolute Gasteiger partial charge is 0.304 e. The number of nitrogens with two attached hydrogens (primary N) is 1. The first-order chi connectivity index (χ1) is 10.7. The quantitative estimate of drug-likeness (QED) is 0.357. The number of aliphatic carboxylic acids is 1. The second-order valence-electron chi connectivity index (χ2n) is 6.08. The summed E-state index contributed by atoms with van der Waals surface area (Å²) >= 11 is 11.6. The number of carbonyl (C=O) groups is 1. The number of halogens is 2. The molecule has 0 fully saturated rings. The average molecular weight is 364 g/mol. The van der Waals surface area contributed by atoms with Crippen LogP contribution in [0, 0.1) is 6.92 Å². The lowest BCUT2D eigenvalue weighted by Gasteiger charge is -2.32. The van der Waals surface area contributed by atoms with Gasteiger partial charge < -0.3 is 10.8 Å². The number of alkyl halides is 2. The van der Waals surface area contributed by atoms with Crippen molar-refractivity contribution in [3.8, 4) is 0 Å². The Morgan fingerprint density at radius 1 is 1.30 bits per heavy atom. The lowest BCUT2D eigenvalue weighted by molar-refractivity contribution is -0.138. The van der Waals surface area contributed by atoms with Crippen LogP contribution in [0.2, 0.25) is 0 Å². The summed E-state index contributed by atoms with van der Waals surface area (Å²) in [5, 5.41) is 19.9. The summed E-state index contributed by atoms with van der Waals surface area (Å²) in [6.07, 6.45) is -0.0494. The maximum atomic E-state index is 11.1. The van der Waals surface area contributed by atoms with E-state index >= 15 is 0 Å². The normalized spacial score (nSPS) is 14.5. The minimum atomic E-state index is -0.891. The second-order valence-corrected chi connectivity index (χ2v) is 6.84. The molecular formula is C16H25Cl2N2O3+. The van der Waals surface area contributed by atoms with Gasteiger partial charge in [0, 0.05) is 24.1 Å². The van der Waals surface area contributed by atoms with Crippen molar-refractivity contribution in [1.82, 2.24) is 4.65 Å². The van der Waals surface area contributed by atoms with Gasteiger partial charge in [0.05, 0.1) is 18.2 Å². The molecule has 0 heterocycles. The maximum absolute atomic E-state index is 11.1. The molecule has 0 amide bonds. The molecular weight excluding hydrogens is 339 g/mol. The zero-order chi connectivity index (χ0) is 17.7. The minimum Gasteiger partial charge on any atom is -0.481 e. The first-order valence-electron chi connectivity index (χ1n) is 7.48. The van der Waals surface area contributed by atoms with E-state index < -0.39 is 11.4 Å². The molecule has 0 bridgehead atoms. The van der Waals surface area contributed by atoms with Gasteiger partial charge in [0.25, 0.3) is 0 Å². The van der Waals surface area contributed by atoms with E-state index in [4.69, 9.17) is 34.0 Å². The number of hydrogen-bond acceptors (Lipinski definition) is 3. The summed E-state index contributed by atoms with van der Waals surface area (Å²) in [7, 11) is 0. The maximum Gasteiger partial charge on any atom is 0.304 e. The van der Waals surface area contributed by atoms with Crippen LogP contribution in [0.25, 0.3) is 0 Å². The number of carboxylic acids is 1. The van der Waals surface area contributed by atoms with Gasteiger partial charge in [-0.3, -0.25) is 4.79 Å². The molecule has 130 valence electrons.